The third-order valence-corrected chi connectivity index (χ3v) is 17.7. The lowest BCUT2D eigenvalue weighted by Crippen LogP contribution is -2.62. The number of hydrogen-bond donors (Lipinski definition) is 14. The summed E-state index contributed by atoms with van der Waals surface area (Å²) in [5.41, 5.74) is -1.67. The fourth-order valence-corrected chi connectivity index (χ4v) is 13.7. The van der Waals surface area contributed by atoms with Crippen LogP contribution < -0.4 is 0 Å². The molecule has 0 aromatic heterocycles. The molecule has 4 aliphatic carbocycles. The Kier molecular flexibility index (Phi) is 18.4. The summed E-state index contributed by atoms with van der Waals surface area (Å²) in [6, 6.07) is 0. The first kappa shape index (κ1) is 57.1. The molecule has 0 radical (unpaired) electrons. The van der Waals surface area contributed by atoms with E-state index in [-0.39, 0.29) is 35.9 Å². The molecule has 0 amide bonds. The molecule has 1 spiro atoms. The number of carbonyl (C=O) groups excluding carboxylic acids is 1. The first-order chi connectivity index (χ1) is 33.6. The molecule has 4 saturated carbocycles. The molecule has 0 aromatic rings. The van der Waals surface area contributed by atoms with Gasteiger partial charge in [0.05, 0.1) is 76.1 Å². The van der Waals surface area contributed by atoms with Crippen LogP contribution in [0.25, 0.3) is 0 Å². The Labute approximate surface area is 412 Å². The highest BCUT2D eigenvalue weighted by atomic mass is 16.7. The second kappa shape index (κ2) is 22.9. The van der Waals surface area contributed by atoms with Gasteiger partial charge < -0.3 is 109 Å². The lowest BCUT2D eigenvalue weighted by molar-refractivity contribution is -0.328. The second-order valence-electron chi connectivity index (χ2n) is 22.0. The van der Waals surface area contributed by atoms with Gasteiger partial charge in [-0.3, -0.25) is 4.79 Å². The van der Waals surface area contributed by atoms with Crippen LogP contribution in [0.2, 0.25) is 0 Å². The molecule has 0 aromatic carbocycles. The van der Waals surface area contributed by atoms with E-state index < -0.39 is 173 Å². The fourth-order valence-electron chi connectivity index (χ4n) is 13.7. The molecule has 7 rings (SSSR count). The zero-order chi connectivity index (χ0) is 52.0. The van der Waals surface area contributed by atoms with E-state index in [1.807, 2.05) is 6.92 Å². The van der Waals surface area contributed by atoms with Crippen molar-refractivity contribution in [2.24, 2.45) is 34.0 Å². The zero-order valence-corrected chi connectivity index (χ0v) is 40.8. The molecule has 71 heavy (non-hydrogen) atoms. The number of fused-ring (bicyclic) bond motifs is 3. The van der Waals surface area contributed by atoms with E-state index in [4.69, 9.17) is 37.9 Å². The number of esters is 1. The molecular weight excluding hydrogens is 945 g/mol. The van der Waals surface area contributed by atoms with Gasteiger partial charge in [0, 0.05) is 5.92 Å². The Balaban J connectivity index is 1.10. The molecular formula is C48H80O23. The van der Waals surface area contributed by atoms with E-state index in [1.54, 1.807) is 6.92 Å². The van der Waals surface area contributed by atoms with Gasteiger partial charge in [0.15, 0.2) is 6.29 Å². The lowest BCUT2D eigenvalue weighted by atomic mass is 9.41. The number of carbonyl (C=O) groups is 1. The summed E-state index contributed by atoms with van der Waals surface area (Å²) in [5, 5.41) is 146. The molecule has 7 aliphatic rings. The molecule has 410 valence electrons. The van der Waals surface area contributed by atoms with Crippen LogP contribution >= 0.6 is 0 Å². The van der Waals surface area contributed by atoms with Crippen molar-refractivity contribution in [3.05, 3.63) is 12.2 Å². The maximum atomic E-state index is 14.3. The van der Waals surface area contributed by atoms with Crippen LogP contribution in [-0.2, 0) is 42.7 Å². The minimum atomic E-state index is -1.86. The average Bonchev–Trinajstić information content (AvgIpc) is 3.55. The maximum absolute atomic E-state index is 14.3. The van der Waals surface area contributed by atoms with Crippen molar-refractivity contribution < 1.29 is 114 Å². The average molecular weight is 1030 g/mol. The molecule has 2 bridgehead atoms. The van der Waals surface area contributed by atoms with Gasteiger partial charge in [0.2, 0.25) is 6.29 Å². The van der Waals surface area contributed by atoms with Crippen LogP contribution in [0.4, 0.5) is 0 Å². The Hall–Kier alpha value is -1.63. The van der Waals surface area contributed by atoms with E-state index in [0.29, 0.717) is 51.4 Å². The molecule has 3 heterocycles. The predicted octanol–water partition coefficient (Wildman–Crippen LogP) is -4.14. The molecule has 3 aliphatic heterocycles. The van der Waals surface area contributed by atoms with Crippen LogP contribution in [0.15, 0.2) is 12.2 Å². The first-order valence-electron chi connectivity index (χ1n) is 25.1. The van der Waals surface area contributed by atoms with E-state index in [0.717, 1.165) is 12.0 Å². The third-order valence-electron chi connectivity index (χ3n) is 17.7. The summed E-state index contributed by atoms with van der Waals surface area (Å²) in [6.45, 7) is 6.03. The van der Waals surface area contributed by atoms with E-state index in [9.17, 15) is 76.3 Å². The SMILES string of the molecule is C=C1C[C@@]23CC[C@H]4[C@@](C)(CCC[C@@]4(C)C(=O)O[C@@H]4OC(CO)[C@@H](O)C(O)[C@@H]4O)[C@@H]2CC[C@]1(OCC(OC(C)CO)[C@@H](OC1OC(CO)[C@@H](O)[C@@H](O)[C@@H]1O)[C@@H](CO)COC[C@@H]1OC(CO)[C@@H](O)C(O)[C@@H]1O)C3. The zero-order valence-electron chi connectivity index (χ0n) is 40.8. The highest BCUT2D eigenvalue weighted by molar-refractivity contribution is 5.77. The molecule has 23 heteroatoms. The van der Waals surface area contributed by atoms with Crippen LogP contribution in [-0.4, -0.2) is 246 Å². The van der Waals surface area contributed by atoms with Gasteiger partial charge in [-0.1, -0.05) is 19.9 Å². The predicted molar refractivity (Wildman–Crippen MR) is 240 cm³/mol. The Morgan fingerprint density at radius 3 is 1.85 bits per heavy atom. The maximum Gasteiger partial charge on any atom is 0.314 e. The Morgan fingerprint density at radius 1 is 0.676 bits per heavy atom. The van der Waals surface area contributed by atoms with Crippen molar-refractivity contribution >= 4 is 5.97 Å². The van der Waals surface area contributed by atoms with Crippen molar-refractivity contribution in [3.63, 3.8) is 0 Å². The fraction of sp³-hybridized carbons (Fsp3) is 0.938. The van der Waals surface area contributed by atoms with Crippen LogP contribution in [0.1, 0.15) is 78.6 Å². The van der Waals surface area contributed by atoms with Crippen molar-refractivity contribution in [2.75, 3.05) is 52.9 Å². The quantitative estimate of drug-likeness (QED) is 0.0407. The summed E-state index contributed by atoms with van der Waals surface area (Å²) in [7, 11) is 0. The first-order valence-corrected chi connectivity index (χ1v) is 25.1. The van der Waals surface area contributed by atoms with Crippen LogP contribution in [0.5, 0.6) is 0 Å². The monoisotopic (exact) mass is 1020 g/mol. The number of ether oxygens (including phenoxy) is 8. The molecule has 7 fully saturated rings. The van der Waals surface area contributed by atoms with Crippen LogP contribution in [0.3, 0.4) is 0 Å². The van der Waals surface area contributed by atoms with E-state index >= 15 is 0 Å². The summed E-state index contributed by atoms with van der Waals surface area (Å²) in [5.74, 6) is -1.70. The topological polar surface area (TPSA) is 374 Å². The van der Waals surface area contributed by atoms with E-state index in [2.05, 4.69) is 13.5 Å². The highest BCUT2D eigenvalue weighted by Gasteiger charge is 2.69. The lowest BCUT2D eigenvalue weighted by Gasteiger charge is -2.64. The van der Waals surface area contributed by atoms with Gasteiger partial charge in [0.25, 0.3) is 0 Å². The number of rotatable bonds is 20. The Morgan fingerprint density at radius 2 is 1.24 bits per heavy atom. The van der Waals surface area contributed by atoms with Crippen molar-refractivity contribution in [2.45, 2.75) is 194 Å². The molecule has 8 unspecified atom stereocenters. The summed E-state index contributed by atoms with van der Waals surface area (Å²) < 4.78 is 48.4. The number of aliphatic hydroxyl groups is 14. The summed E-state index contributed by atoms with van der Waals surface area (Å²) in [4.78, 5) is 14.3. The largest absolute Gasteiger partial charge is 0.432 e. The number of aliphatic hydroxyl groups excluding tert-OH is 14. The van der Waals surface area contributed by atoms with Gasteiger partial charge in [0.1, 0.15) is 85.5 Å². The summed E-state index contributed by atoms with van der Waals surface area (Å²) >= 11 is 0. The standard InChI is InChI=1S/C48H80O23/c1-22-12-47-10-6-30-45(3,8-5-9-46(30,4)44(63)71-43-40(62)38(60)34(56)27(17-53)69-43)31(47)7-11-48(22,21-47)65-20-29(66-23(2)13-49)41(70-42-39(61)37(59)33(55)26(16-52)68-42)24(14-50)18-64-19-28-35(57)36(58)32(54)25(15-51)67-28/h23-43,49-62H,1,5-21H2,2-4H3/t23?,24-,25?,26?,27?,28-,29?,30-,31-,32+,33+,34+,35+,36?,37+,38?,39-,40-,41-,42?,43-,45+,46+,47+,48-/m0/s1. The van der Waals surface area contributed by atoms with Crippen LogP contribution in [0, 0.1) is 34.0 Å². The van der Waals surface area contributed by atoms with Crippen molar-refractivity contribution in [3.8, 4) is 0 Å². The molecule has 25 atom stereocenters. The highest BCUT2D eigenvalue weighted by Crippen LogP contribution is 2.73. The molecule has 3 saturated heterocycles. The van der Waals surface area contributed by atoms with Gasteiger partial charge >= 0.3 is 5.97 Å². The van der Waals surface area contributed by atoms with Gasteiger partial charge in [-0.05, 0) is 93.5 Å². The number of hydrogen-bond acceptors (Lipinski definition) is 23. The van der Waals surface area contributed by atoms with Crippen molar-refractivity contribution in [1.29, 1.82) is 0 Å². The smallest absolute Gasteiger partial charge is 0.314 e. The Bertz CT molecular complexity index is 1780. The second-order valence-corrected chi connectivity index (χ2v) is 22.0. The molecule has 14 N–H and O–H groups in total. The minimum absolute atomic E-state index is 0.118. The van der Waals surface area contributed by atoms with Crippen molar-refractivity contribution in [1.82, 2.24) is 0 Å². The molecule has 23 nitrogen and oxygen atoms in total. The van der Waals surface area contributed by atoms with Gasteiger partial charge in [-0.25, -0.2) is 0 Å². The van der Waals surface area contributed by atoms with Gasteiger partial charge in [-0.2, -0.15) is 0 Å². The summed E-state index contributed by atoms with van der Waals surface area (Å²) in [6.07, 6.45) is -21.2. The van der Waals surface area contributed by atoms with E-state index in [1.165, 1.54) is 0 Å². The third kappa shape index (κ3) is 10.8. The minimum Gasteiger partial charge on any atom is -0.432 e. The van der Waals surface area contributed by atoms with Gasteiger partial charge in [-0.15, -0.1) is 0 Å². The normalized spacial score (nSPS) is 47.5.